The maximum absolute atomic E-state index is 3.81. The van der Waals surface area contributed by atoms with E-state index in [9.17, 15) is 0 Å². The van der Waals surface area contributed by atoms with Crippen molar-refractivity contribution in [1.29, 1.82) is 0 Å². The fourth-order valence-electron chi connectivity index (χ4n) is 4.10. The maximum atomic E-state index is 3.81. The van der Waals surface area contributed by atoms with E-state index in [1.54, 1.807) is 0 Å². The van der Waals surface area contributed by atoms with Crippen molar-refractivity contribution in [1.82, 2.24) is 10.2 Å². The van der Waals surface area contributed by atoms with Gasteiger partial charge in [-0.15, -0.1) is 0 Å². The number of hydrogen-bond acceptors (Lipinski definition) is 2. The van der Waals surface area contributed by atoms with E-state index < -0.39 is 0 Å². The second-order valence-corrected chi connectivity index (χ2v) is 7.21. The van der Waals surface area contributed by atoms with Crippen LogP contribution in [0.2, 0.25) is 0 Å². The zero-order valence-electron chi connectivity index (χ0n) is 13.9. The van der Waals surface area contributed by atoms with Gasteiger partial charge in [-0.2, -0.15) is 0 Å². The van der Waals surface area contributed by atoms with Crippen LogP contribution in [-0.2, 0) is 0 Å². The van der Waals surface area contributed by atoms with Crippen LogP contribution < -0.4 is 5.32 Å². The van der Waals surface area contributed by atoms with Crippen LogP contribution in [0, 0.1) is 5.92 Å². The van der Waals surface area contributed by atoms with Gasteiger partial charge in [0, 0.05) is 25.2 Å². The van der Waals surface area contributed by atoms with Crippen molar-refractivity contribution < 1.29 is 0 Å². The molecule has 2 nitrogen and oxygen atoms in total. The molecule has 0 aliphatic heterocycles. The fraction of sp³-hybridized carbons (Fsp3) is 1.00. The molecule has 2 heteroatoms. The van der Waals surface area contributed by atoms with Crippen LogP contribution in [0.4, 0.5) is 0 Å². The molecule has 0 aromatic heterocycles. The van der Waals surface area contributed by atoms with E-state index in [-0.39, 0.29) is 0 Å². The molecule has 0 radical (unpaired) electrons. The summed E-state index contributed by atoms with van der Waals surface area (Å²) in [5.41, 5.74) is 0. The normalized spacial score (nSPS) is 29.6. The van der Waals surface area contributed by atoms with Gasteiger partial charge in [-0.3, -0.25) is 0 Å². The molecule has 0 atom stereocenters. The molecule has 2 fully saturated rings. The Balaban J connectivity index is 1.58. The molecule has 0 aromatic rings. The van der Waals surface area contributed by atoms with Crippen molar-refractivity contribution in [3.8, 4) is 0 Å². The lowest BCUT2D eigenvalue weighted by Gasteiger charge is -2.34. The van der Waals surface area contributed by atoms with E-state index in [4.69, 9.17) is 0 Å². The second-order valence-electron chi connectivity index (χ2n) is 7.21. The van der Waals surface area contributed by atoms with E-state index in [0.29, 0.717) is 0 Å². The van der Waals surface area contributed by atoms with Crippen molar-refractivity contribution in [3.05, 3.63) is 0 Å². The second kappa shape index (κ2) is 9.04. The van der Waals surface area contributed by atoms with Crippen molar-refractivity contribution in [2.75, 3.05) is 20.1 Å². The largest absolute Gasteiger partial charge is 0.313 e. The van der Waals surface area contributed by atoms with E-state index in [2.05, 4.69) is 24.2 Å². The van der Waals surface area contributed by atoms with Gasteiger partial charge in [0.2, 0.25) is 0 Å². The molecule has 0 unspecified atom stereocenters. The van der Waals surface area contributed by atoms with E-state index in [0.717, 1.165) is 18.0 Å². The molecule has 2 aliphatic carbocycles. The molecule has 0 saturated heterocycles. The van der Waals surface area contributed by atoms with Crippen LogP contribution in [0.15, 0.2) is 0 Å². The van der Waals surface area contributed by atoms with E-state index in [1.807, 2.05) is 0 Å². The van der Waals surface area contributed by atoms with Crippen molar-refractivity contribution in [2.24, 2.45) is 5.92 Å². The fourth-order valence-corrected chi connectivity index (χ4v) is 4.10. The SMILES string of the molecule is CCC1CCC(N(C)CCNC2CCCCCC2)CC1. The Kier molecular flexibility index (Phi) is 7.37. The van der Waals surface area contributed by atoms with Gasteiger partial charge in [0.15, 0.2) is 0 Å². The maximum Gasteiger partial charge on any atom is 0.0107 e. The third-order valence-corrected chi connectivity index (χ3v) is 5.77. The highest BCUT2D eigenvalue weighted by molar-refractivity contribution is 4.78. The standard InChI is InChI=1S/C18H36N2/c1-3-16-10-12-18(13-11-16)20(2)15-14-19-17-8-6-4-5-7-9-17/h16-19H,3-15H2,1-2H3. The molecule has 2 aliphatic rings. The monoisotopic (exact) mass is 280 g/mol. The van der Waals surface area contributed by atoms with Crippen molar-refractivity contribution in [2.45, 2.75) is 89.6 Å². The first-order valence-electron chi connectivity index (χ1n) is 9.23. The van der Waals surface area contributed by atoms with Gasteiger partial charge in [-0.25, -0.2) is 0 Å². The number of nitrogens with one attached hydrogen (secondary N) is 1. The summed E-state index contributed by atoms with van der Waals surface area (Å²) in [4.78, 5) is 2.62. The Morgan fingerprint density at radius 1 is 0.900 bits per heavy atom. The minimum atomic E-state index is 0.807. The van der Waals surface area contributed by atoms with E-state index >= 15 is 0 Å². The van der Waals surface area contributed by atoms with Crippen LogP contribution in [-0.4, -0.2) is 37.1 Å². The summed E-state index contributed by atoms with van der Waals surface area (Å²) in [6.07, 6.45) is 15.8. The van der Waals surface area contributed by atoms with Gasteiger partial charge in [0.1, 0.15) is 0 Å². The highest BCUT2D eigenvalue weighted by Crippen LogP contribution is 2.28. The molecule has 0 aromatic carbocycles. The summed E-state index contributed by atoms with van der Waals surface area (Å²) in [5, 5.41) is 3.81. The minimum absolute atomic E-state index is 0.807. The summed E-state index contributed by atoms with van der Waals surface area (Å²) in [6.45, 7) is 4.78. The van der Waals surface area contributed by atoms with Crippen LogP contribution in [0.3, 0.4) is 0 Å². The van der Waals surface area contributed by atoms with Gasteiger partial charge < -0.3 is 10.2 Å². The van der Waals surface area contributed by atoms with Gasteiger partial charge in [-0.1, -0.05) is 39.0 Å². The molecule has 1 N–H and O–H groups in total. The molecule has 0 heterocycles. The minimum Gasteiger partial charge on any atom is -0.313 e. The topological polar surface area (TPSA) is 15.3 Å². The van der Waals surface area contributed by atoms with Crippen LogP contribution in [0.5, 0.6) is 0 Å². The van der Waals surface area contributed by atoms with Gasteiger partial charge >= 0.3 is 0 Å². The van der Waals surface area contributed by atoms with Crippen molar-refractivity contribution >= 4 is 0 Å². The van der Waals surface area contributed by atoms with Crippen LogP contribution >= 0.6 is 0 Å². The summed E-state index contributed by atoms with van der Waals surface area (Å²) in [6, 6.07) is 1.66. The quantitative estimate of drug-likeness (QED) is 0.734. The first-order chi connectivity index (χ1) is 9.79. The Morgan fingerprint density at radius 2 is 1.55 bits per heavy atom. The smallest absolute Gasteiger partial charge is 0.0107 e. The summed E-state index contributed by atoms with van der Waals surface area (Å²) in [5.74, 6) is 1.02. The molecule has 0 bridgehead atoms. The van der Waals surface area contributed by atoms with Crippen LogP contribution in [0.1, 0.15) is 77.6 Å². The molecule has 0 spiro atoms. The number of hydrogen-bond donors (Lipinski definition) is 1. The first kappa shape index (κ1) is 16.3. The third-order valence-electron chi connectivity index (χ3n) is 5.77. The highest BCUT2D eigenvalue weighted by Gasteiger charge is 2.22. The zero-order chi connectivity index (χ0) is 14.2. The number of likely N-dealkylation sites (N-methyl/N-ethyl adjacent to an activating group) is 1. The predicted molar refractivity (Wildman–Crippen MR) is 88.2 cm³/mol. The van der Waals surface area contributed by atoms with Gasteiger partial charge in [0.25, 0.3) is 0 Å². The lowest BCUT2D eigenvalue weighted by molar-refractivity contribution is 0.162. The van der Waals surface area contributed by atoms with Crippen LogP contribution in [0.25, 0.3) is 0 Å². The average molecular weight is 280 g/mol. The third kappa shape index (κ3) is 5.37. The summed E-state index contributed by atoms with van der Waals surface area (Å²) in [7, 11) is 2.34. The molecular weight excluding hydrogens is 244 g/mol. The molecular formula is C18H36N2. The van der Waals surface area contributed by atoms with Gasteiger partial charge in [0.05, 0.1) is 0 Å². The molecule has 20 heavy (non-hydrogen) atoms. The highest BCUT2D eigenvalue weighted by atomic mass is 15.1. The van der Waals surface area contributed by atoms with Gasteiger partial charge in [-0.05, 0) is 51.5 Å². The lowest BCUT2D eigenvalue weighted by Crippen LogP contribution is -2.41. The Hall–Kier alpha value is -0.0800. The molecule has 0 amide bonds. The zero-order valence-corrected chi connectivity index (χ0v) is 13.9. The molecule has 118 valence electrons. The Morgan fingerprint density at radius 3 is 2.15 bits per heavy atom. The molecule has 2 rings (SSSR count). The number of nitrogens with zero attached hydrogens (tertiary/aromatic N) is 1. The predicted octanol–water partition coefficient (Wildman–Crippen LogP) is 4.20. The Bertz CT molecular complexity index is 238. The average Bonchev–Trinajstić information content (AvgIpc) is 2.76. The van der Waals surface area contributed by atoms with Crippen molar-refractivity contribution in [3.63, 3.8) is 0 Å². The lowest BCUT2D eigenvalue weighted by atomic mass is 9.84. The van der Waals surface area contributed by atoms with E-state index in [1.165, 1.54) is 83.7 Å². The summed E-state index contributed by atoms with van der Waals surface area (Å²) >= 11 is 0. The molecule has 2 saturated carbocycles. The Labute approximate surface area is 126 Å². The number of rotatable bonds is 6. The first-order valence-corrected chi connectivity index (χ1v) is 9.23. The summed E-state index contributed by atoms with van der Waals surface area (Å²) < 4.78 is 0.